The zero-order valence-electron chi connectivity index (χ0n) is 12.7. The van der Waals surface area contributed by atoms with Gasteiger partial charge in [-0.05, 0) is 37.0 Å². The topological polar surface area (TPSA) is 28.2 Å². The Balaban J connectivity index is 2.12. The maximum Gasteiger partial charge on any atom is 0.0307 e. The third-order valence-corrected chi connectivity index (χ3v) is 4.61. The zero-order valence-corrected chi connectivity index (χ0v) is 12.7. The van der Waals surface area contributed by atoms with Crippen molar-refractivity contribution in [1.29, 1.82) is 0 Å². The van der Waals surface area contributed by atoms with Crippen molar-refractivity contribution in [3.8, 4) is 0 Å². The molecule has 1 fully saturated rings. The van der Waals surface area contributed by atoms with Gasteiger partial charge in [-0.15, -0.1) is 0 Å². The van der Waals surface area contributed by atoms with Crippen molar-refractivity contribution in [1.82, 2.24) is 15.2 Å². The predicted molar refractivity (Wildman–Crippen MR) is 80.0 cm³/mol. The molecule has 0 spiro atoms. The number of aromatic nitrogens is 1. The van der Waals surface area contributed by atoms with Crippen molar-refractivity contribution in [2.45, 2.75) is 52.2 Å². The first-order valence-electron chi connectivity index (χ1n) is 7.42. The first kappa shape index (κ1) is 14.5. The van der Waals surface area contributed by atoms with E-state index in [2.05, 4.69) is 55.0 Å². The van der Waals surface area contributed by atoms with Gasteiger partial charge in [-0.3, -0.25) is 9.88 Å². The monoisotopic (exact) mass is 261 g/mol. The fraction of sp³-hybridized carbons (Fsp3) is 0.688. The van der Waals surface area contributed by atoms with Crippen molar-refractivity contribution >= 4 is 0 Å². The average molecular weight is 261 g/mol. The fourth-order valence-electron chi connectivity index (χ4n) is 2.74. The quantitative estimate of drug-likeness (QED) is 0.903. The van der Waals surface area contributed by atoms with Crippen molar-refractivity contribution in [3.05, 3.63) is 30.1 Å². The van der Waals surface area contributed by atoms with Crippen LogP contribution in [0.3, 0.4) is 0 Å². The first-order valence-corrected chi connectivity index (χ1v) is 7.42. The summed E-state index contributed by atoms with van der Waals surface area (Å²) in [5.74, 6) is 0.682. The number of piperazine rings is 1. The van der Waals surface area contributed by atoms with Gasteiger partial charge in [0.2, 0.25) is 0 Å². The molecule has 1 aliphatic heterocycles. The molecule has 3 heteroatoms. The number of hydrogen-bond acceptors (Lipinski definition) is 3. The Bertz CT molecular complexity index is 390. The van der Waals surface area contributed by atoms with Gasteiger partial charge < -0.3 is 5.32 Å². The molecule has 1 aliphatic rings. The Morgan fingerprint density at radius 2 is 2.11 bits per heavy atom. The minimum absolute atomic E-state index is 0.259. The third-order valence-electron chi connectivity index (χ3n) is 4.61. The largest absolute Gasteiger partial charge is 0.311 e. The Labute approximate surface area is 117 Å². The van der Waals surface area contributed by atoms with E-state index in [0.717, 1.165) is 19.6 Å². The van der Waals surface area contributed by atoms with E-state index in [0.29, 0.717) is 12.0 Å². The first-order chi connectivity index (χ1) is 9.05. The summed E-state index contributed by atoms with van der Waals surface area (Å²) in [7, 11) is 0. The van der Waals surface area contributed by atoms with Crippen LogP contribution in [0.15, 0.2) is 24.5 Å². The lowest BCUT2D eigenvalue weighted by molar-refractivity contribution is 0.0316. The van der Waals surface area contributed by atoms with Crippen LogP contribution in [0.1, 0.15) is 39.7 Å². The minimum Gasteiger partial charge on any atom is -0.311 e. The summed E-state index contributed by atoms with van der Waals surface area (Å²) in [6.45, 7) is 12.5. The molecular weight excluding hydrogens is 234 g/mol. The molecule has 0 saturated carbocycles. The molecule has 2 unspecified atom stereocenters. The second-order valence-electron chi connectivity index (χ2n) is 6.32. The van der Waals surface area contributed by atoms with E-state index in [1.807, 2.05) is 12.4 Å². The second-order valence-corrected chi connectivity index (χ2v) is 6.32. The highest BCUT2D eigenvalue weighted by Gasteiger charge is 2.36. The number of nitrogens with zero attached hydrogens (tertiary/aromatic N) is 2. The van der Waals surface area contributed by atoms with Gasteiger partial charge >= 0.3 is 0 Å². The van der Waals surface area contributed by atoms with Crippen molar-refractivity contribution in [2.75, 3.05) is 13.1 Å². The number of pyridine rings is 1. The maximum atomic E-state index is 4.11. The molecule has 1 saturated heterocycles. The lowest BCUT2D eigenvalue weighted by Crippen LogP contribution is -2.63. The maximum absolute atomic E-state index is 4.11. The highest BCUT2D eigenvalue weighted by molar-refractivity contribution is 5.11. The van der Waals surface area contributed by atoms with Gasteiger partial charge in [0.25, 0.3) is 0 Å². The molecule has 2 rings (SSSR count). The van der Waals surface area contributed by atoms with Crippen LogP contribution in [0.4, 0.5) is 0 Å². The van der Waals surface area contributed by atoms with Gasteiger partial charge in [0, 0.05) is 43.6 Å². The molecule has 106 valence electrons. The lowest BCUT2D eigenvalue weighted by Gasteiger charge is -2.49. The normalized spacial score (nSPS) is 28.8. The molecule has 0 bridgehead atoms. The number of hydrogen-bond donors (Lipinski definition) is 1. The molecule has 1 aromatic heterocycles. The predicted octanol–water partition coefficient (Wildman–Crippen LogP) is 2.68. The van der Waals surface area contributed by atoms with Gasteiger partial charge in [-0.25, -0.2) is 0 Å². The molecule has 19 heavy (non-hydrogen) atoms. The fourth-order valence-corrected chi connectivity index (χ4v) is 2.74. The standard InChI is InChI=1S/C16H27N3/c1-5-16(4)12-18-15(13(2)3)11-19(16)10-14-6-8-17-9-7-14/h6-9,13,15,18H,5,10-12H2,1-4H3. The van der Waals surface area contributed by atoms with Crippen molar-refractivity contribution in [3.63, 3.8) is 0 Å². The molecule has 3 nitrogen and oxygen atoms in total. The summed E-state index contributed by atoms with van der Waals surface area (Å²) >= 11 is 0. The van der Waals surface area contributed by atoms with Crippen LogP contribution < -0.4 is 5.32 Å². The average Bonchev–Trinajstić information content (AvgIpc) is 2.42. The minimum atomic E-state index is 0.259. The van der Waals surface area contributed by atoms with E-state index < -0.39 is 0 Å². The van der Waals surface area contributed by atoms with Crippen LogP contribution in [0.25, 0.3) is 0 Å². The number of rotatable bonds is 4. The van der Waals surface area contributed by atoms with Crippen LogP contribution in [0, 0.1) is 5.92 Å². The highest BCUT2D eigenvalue weighted by atomic mass is 15.3. The van der Waals surface area contributed by atoms with Gasteiger partial charge in [0.1, 0.15) is 0 Å². The Kier molecular flexibility index (Phi) is 4.58. The summed E-state index contributed by atoms with van der Waals surface area (Å²) in [5.41, 5.74) is 1.62. The third kappa shape index (κ3) is 3.34. The molecular formula is C16H27N3. The molecule has 0 radical (unpaired) electrons. The van der Waals surface area contributed by atoms with Gasteiger partial charge in [-0.2, -0.15) is 0 Å². The molecule has 2 heterocycles. The van der Waals surface area contributed by atoms with Crippen molar-refractivity contribution < 1.29 is 0 Å². The van der Waals surface area contributed by atoms with Crippen LogP contribution in [-0.4, -0.2) is 34.6 Å². The van der Waals surface area contributed by atoms with E-state index in [9.17, 15) is 0 Å². The van der Waals surface area contributed by atoms with Crippen LogP contribution in [0.5, 0.6) is 0 Å². The van der Waals surface area contributed by atoms with E-state index in [1.54, 1.807) is 0 Å². The smallest absolute Gasteiger partial charge is 0.0307 e. The van der Waals surface area contributed by atoms with E-state index in [4.69, 9.17) is 0 Å². The van der Waals surface area contributed by atoms with Crippen LogP contribution in [-0.2, 0) is 6.54 Å². The Morgan fingerprint density at radius 3 is 2.68 bits per heavy atom. The summed E-state index contributed by atoms with van der Waals surface area (Å²) < 4.78 is 0. The summed E-state index contributed by atoms with van der Waals surface area (Å²) in [6.07, 6.45) is 4.96. The van der Waals surface area contributed by atoms with Crippen LogP contribution in [0.2, 0.25) is 0 Å². The molecule has 0 aliphatic carbocycles. The molecule has 1 aromatic rings. The second kappa shape index (κ2) is 6.02. The highest BCUT2D eigenvalue weighted by Crippen LogP contribution is 2.26. The van der Waals surface area contributed by atoms with Crippen LogP contribution >= 0.6 is 0 Å². The summed E-state index contributed by atoms with van der Waals surface area (Å²) in [5, 5.41) is 3.72. The molecule has 1 N–H and O–H groups in total. The Morgan fingerprint density at radius 1 is 1.42 bits per heavy atom. The summed E-state index contributed by atoms with van der Waals surface area (Å²) in [6, 6.07) is 4.85. The molecule has 0 amide bonds. The van der Waals surface area contributed by atoms with Gasteiger partial charge in [-0.1, -0.05) is 20.8 Å². The molecule has 2 atom stereocenters. The van der Waals surface area contributed by atoms with E-state index in [-0.39, 0.29) is 5.54 Å². The zero-order chi connectivity index (χ0) is 13.9. The number of nitrogens with one attached hydrogen (secondary N) is 1. The SMILES string of the molecule is CCC1(C)CNC(C(C)C)CN1Cc1ccncc1. The summed E-state index contributed by atoms with van der Waals surface area (Å²) in [4.78, 5) is 6.75. The van der Waals surface area contributed by atoms with E-state index >= 15 is 0 Å². The molecule has 0 aromatic carbocycles. The van der Waals surface area contributed by atoms with E-state index in [1.165, 1.54) is 12.0 Å². The lowest BCUT2D eigenvalue weighted by atomic mass is 9.89. The van der Waals surface area contributed by atoms with Crippen molar-refractivity contribution in [2.24, 2.45) is 5.92 Å². The Hall–Kier alpha value is -0.930. The van der Waals surface area contributed by atoms with Gasteiger partial charge in [0.05, 0.1) is 0 Å². The van der Waals surface area contributed by atoms with Gasteiger partial charge in [0.15, 0.2) is 0 Å².